The quantitative estimate of drug-likeness (QED) is 0.326. The van der Waals surface area contributed by atoms with Gasteiger partial charge in [-0.15, -0.1) is 0 Å². The van der Waals surface area contributed by atoms with Crippen molar-refractivity contribution in [3.05, 3.63) is 77.0 Å². The Morgan fingerprint density at radius 1 is 0.952 bits per heavy atom. The van der Waals surface area contributed by atoms with Crippen molar-refractivity contribution in [1.29, 1.82) is 0 Å². The Morgan fingerprint density at radius 3 is 2.33 bits per heavy atom. The van der Waals surface area contributed by atoms with Crippen LogP contribution >= 0.6 is 15.9 Å². The number of halogens is 2. The van der Waals surface area contributed by atoms with Gasteiger partial charge in [-0.2, -0.15) is 4.57 Å². The van der Waals surface area contributed by atoms with Crippen LogP contribution in [-0.4, -0.2) is 5.78 Å². The largest absolute Gasteiger partial charge is 1.00 e. The second-order valence-electron chi connectivity index (χ2n) is 4.68. The van der Waals surface area contributed by atoms with Crippen molar-refractivity contribution < 1.29 is 33.3 Å². The van der Waals surface area contributed by atoms with Crippen molar-refractivity contribution in [1.82, 2.24) is 0 Å². The zero-order valence-electron chi connectivity index (χ0n) is 11.2. The highest BCUT2D eigenvalue weighted by atomic mass is 127. The van der Waals surface area contributed by atoms with Crippen molar-refractivity contribution >= 4 is 32.5 Å². The molecule has 4 heteroatoms. The lowest BCUT2D eigenvalue weighted by atomic mass is 10.1. The molecule has 1 aromatic heterocycles. The van der Waals surface area contributed by atoms with Crippen molar-refractivity contribution in [2.24, 2.45) is 0 Å². The molecule has 0 aliphatic heterocycles. The number of ketones is 1. The molecule has 3 rings (SSSR count). The van der Waals surface area contributed by atoms with Gasteiger partial charge in [0.15, 0.2) is 12.4 Å². The highest BCUT2D eigenvalue weighted by Gasteiger charge is 2.12. The van der Waals surface area contributed by atoms with E-state index < -0.39 is 0 Å². The number of hydrogen-bond acceptors (Lipinski definition) is 1. The van der Waals surface area contributed by atoms with E-state index in [4.69, 9.17) is 0 Å². The molecule has 0 fully saturated rings. The van der Waals surface area contributed by atoms with Crippen LogP contribution in [0.4, 0.5) is 0 Å². The van der Waals surface area contributed by atoms with Gasteiger partial charge in [0.2, 0.25) is 12.3 Å². The third kappa shape index (κ3) is 3.89. The number of fused-ring (bicyclic) bond motifs is 1. The number of hydrogen-bond donors (Lipinski definition) is 0. The molecule has 0 atom stereocenters. The molecule has 1 heterocycles. The van der Waals surface area contributed by atoms with Gasteiger partial charge in [-0.3, -0.25) is 4.79 Å². The molecule has 2 aromatic carbocycles. The van der Waals surface area contributed by atoms with Gasteiger partial charge < -0.3 is 24.0 Å². The number of aromatic nitrogens is 1. The highest BCUT2D eigenvalue weighted by molar-refractivity contribution is 9.10. The van der Waals surface area contributed by atoms with Crippen molar-refractivity contribution in [3.8, 4) is 0 Å². The molecule has 0 N–H and O–H groups in total. The molecular weight excluding hydrogens is 441 g/mol. The first-order valence-corrected chi connectivity index (χ1v) is 7.18. The summed E-state index contributed by atoms with van der Waals surface area (Å²) in [6, 6.07) is 17.6. The van der Waals surface area contributed by atoms with Crippen LogP contribution in [-0.2, 0) is 6.54 Å². The molecule has 106 valence electrons. The molecule has 0 saturated carbocycles. The Balaban J connectivity index is 0.00000161. The molecule has 0 unspecified atom stereocenters. The molecule has 0 aliphatic rings. The number of Topliss-reactive ketones (excluding diaryl/α,β-unsaturated/α-hetero) is 1. The van der Waals surface area contributed by atoms with E-state index in [-0.39, 0.29) is 29.8 Å². The number of carbonyl (C=O) groups excluding carboxylic acids is 1. The van der Waals surface area contributed by atoms with E-state index in [1.54, 1.807) is 0 Å². The molecule has 0 amide bonds. The lowest BCUT2D eigenvalue weighted by Crippen LogP contribution is -3.00. The maximum absolute atomic E-state index is 12.2. The number of pyridine rings is 1. The Labute approximate surface area is 149 Å². The molecule has 0 saturated heterocycles. The van der Waals surface area contributed by atoms with Crippen LogP contribution in [0.2, 0.25) is 0 Å². The van der Waals surface area contributed by atoms with E-state index in [1.807, 2.05) is 59.4 Å². The average molecular weight is 454 g/mol. The highest BCUT2D eigenvalue weighted by Crippen LogP contribution is 2.12. The van der Waals surface area contributed by atoms with Crippen molar-refractivity contribution in [3.63, 3.8) is 0 Å². The Kier molecular flexibility index (Phi) is 5.47. The van der Waals surface area contributed by atoms with Crippen LogP contribution < -0.4 is 28.5 Å². The second-order valence-corrected chi connectivity index (χ2v) is 5.59. The monoisotopic (exact) mass is 453 g/mol. The van der Waals surface area contributed by atoms with Crippen molar-refractivity contribution in [2.75, 3.05) is 0 Å². The Bertz CT molecular complexity index is 771. The first-order chi connectivity index (χ1) is 9.72. The van der Waals surface area contributed by atoms with Crippen LogP contribution in [0, 0.1) is 0 Å². The van der Waals surface area contributed by atoms with E-state index in [0.29, 0.717) is 6.54 Å². The molecule has 0 radical (unpaired) electrons. The van der Waals surface area contributed by atoms with E-state index in [0.717, 1.165) is 15.4 Å². The maximum Gasteiger partial charge on any atom is 0.227 e. The van der Waals surface area contributed by atoms with E-state index in [9.17, 15) is 4.79 Å². The summed E-state index contributed by atoms with van der Waals surface area (Å²) in [7, 11) is 0. The standard InChI is InChI=1S/C17H13BrNO.HI/c18-16-7-5-14(6-8-16)17(20)12-19-10-9-13-3-1-2-4-15(13)11-19;/h1-11H,12H2;1H/q+1;/p-1. The molecule has 0 bridgehead atoms. The normalized spacial score (nSPS) is 10.1. The minimum Gasteiger partial charge on any atom is -1.00 e. The summed E-state index contributed by atoms with van der Waals surface area (Å²) in [4.78, 5) is 12.2. The third-order valence-corrected chi connectivity index (χ3v) is 3.77. The third-order valence-electron chi connectivity index (χ3n) is 3.24. The number of nitrogens with zero attached hydrogens (tertiary/aromatic N) is 1. The summed E-state index contributed by atoms with van der Waals surface area (Å²) in [6.07, 6.45) is 3.95. The molecule has 3 aromatic rings. The van der Waals surface area contributed by atoms with Gasteiger partial charge in [0.05, 0.1) is 0 Å². The van der Waals surface area contributed by atoms with Crippen LogP contribution in [0.5, 0.6) is 0 Å². The van der Waals surface area contributed by atoms with Gasteiger partial charge in [0.25, 0.3) is 0 Å². The molecular formula is C17H13BrINO. The van der Waals surface area contributed by atoms with Crippen LogP contribution in [0.3, 0.4) is 0 Å². The summed E-state index contributed by atoms with van der Waals surface area (Å²) < 4.78 is 2.90. The van der Waals surface area contributed by atoms with E-state index in [2.05, 4.69) is 28.1 Å². The summed E-state index contributed by atoms with van der Waals surface area (Å²) in [5.74, 6) is 0.109. The first kappa shape index (κ1) is 16.1. The molecule has 21 heavy (non-hydrogen) atoms. The topological polar surface area (TPSA) is 20.9 Å². The van der Waals surface area contributed by atoms with Crippen LogP contribution in [0.15, 0.2) is 71.5 Å². The molecule has 0 aliphatic carbocycles. The summed E-state index contributed by atoms with van der Waals surface area (Å²) in [5.41, 5.74) is 0.730. The van der Waals surface area contributed by atoms with Gasteiger partial charge in [-0.05, 0) is 23.6 Å². The Hall–Kier alpha value is -1.27. The smallest absolute Gasteiger partial charge is 0.227 e. The van der Waals surface area contributed by atoms with Gasteiger partial charge in [0.1, 0.15) is 0 Å². The van der Waals surface area contributed by atoms with Gasteiger partial charge in [-0.1, -0.05) is 46.3 Å². The van der Waals surface area contributed by atoms with Crippen LogP contribution in [0.1, 0.15) is 10.4 Å². The van der Waals surface area contributed by atoms with Crippen molar-refractivity contribution in [2.45, 2.75) is 6.54 Å². The maximum atomic E-state index is 12.2. The van der Waals surface area contributed by atoms with Gasteiger partial charge >= 0.3 is 0 Å². The zero-order valence-corrected chi connectivity index (χ0v) is 14.9. The minimum absolute atomic E-state index is 0. The first-order valence-electron chi connectivity index (χ1n) is 6.39. The van der Waals surface area contributed by atoms with E-state index >= 15 is 0 Å². The van der Waals surface area contributed by atoms with Gasteiger partial charge in [-0.25, -0.2) is 0 Å². The summed E-state index contributed by atoms with van der Waals surface area (Å²) >= 11 is 3.37. The lowest BCUT2D eigenvalue weighted by molar-refractivity contribution is -0.681. The van der Waals surface area contributed by atoms with E-state index in [1.165, 1.54) is 5.39 Å². The summed E-state index contributed by atoms with van der Waals surface area (Å²) in [5, 5.41) is 2.32. The summed E-state index contributed by atoms with van der Waals surface area (Å²) in [6.45, 7) is 0.354. The second kappa shape index (κ2) is 7.13. The number of carbonyl (C=O) groups is 1. The van der Waals surface area contributed by atoms with Crippen LogP contribution in [0.25, 0.3) is 10.8 Å². The fraction of sp³-hybridized carbons (Fsp3) is 0.0588. The minimum atomic E-state index is 0. The Morgan fingerprint density at radius 2 is 1.62 bits per heavy atom. The van der Waals surface area contributed by atoms with Gasteiger partial charge in [0, 0.05) is 21.5 Å². The fourth-order valence-corrected chi connectivity index (χ4v) is 2.43. The average Bonchev–Trinajstić information content (AvgIpc) is 2.48. The molecule has 0 spiro atoms. The lowest BCUT2D eigenvalue weighted by Gasteiger charge is -2.00. The number of benzene rings is 2. The number of rotatable bonds is 3. The predicted molar refractivity (Wildman–Crippen MR) is 82.6 cm³/mol. The predicted octanol–water partition coefficient (Wildman–Crippen LogP) is 0.777. The fourth-order valence-electron chi connectivity index (χ4n) is 2.17. The molecule has 2 nitrogen and oxygen atoms in total. The zero-order chi connectivity index (χ0) is 13.9. The SMILES string of the molecule is O=C(C[n+]1ccc2ccccc2c1)c1ccc(Br)cc1.[I-].